The molecule has 2 aliphatic rings. The molecular formula is C23H28N4O2. The predicted octanol–water partition coefficient (Wildman–Crippen LogP) is 3.81. The molecule has 0 saturated carbocycles. The fraction of sp³-hybridized carbons (Fsp3) is 0.435. The largest absolute Gasteiger partial charge is 0.372 e. The van der Waals surface area contributed by atoms with Crippen molar-refractivity contribution < 1.29 is 9.59 Å². The van der Waals surface area contributed by atoms with Crippen LogP contribution in [0.1, 0.15) is 53.3 Å². The van der Waals surface area contributed by atoms with Crippen molar-refractivity contribution in [3.63, 3.8) is 0 Å². The van der Waals surface area contributed by atoms with Crippen LogP contribution in [0.2, 0.25) is 0 Å². The number of carbonyl (C=O) groups excluding carboxylic acids is 2. The monoisotopic (exact) mass is 392 g/mol. The maximum atomic E-state index is 12.8. The lowest BCUT2D eigenvalue weighted by molar-refractivity contribution is 0.0682. The Hall–Kier alpha value is -2.89. The van der Waals surface area contributed by atoms with Crippen molar-refractivity contribution in [2.75, 3.05) is 36.4 Å². The number of rotatable bonds is 4. The van der Waals surface area contributed by atoms with Gasteiger partial charge < -0.3 is 15.1 Å². The third kappa shape index (κ3) is 4.58. The van der Waals surface area contributed by atoms with Crippen LogP contribution in [0, 0.1) is 5.92 Å². The maximum Gasteiger partial charge on any atom is 0.257 e. The lowest BCUT2D eigenvalue weighted by Crippen LogP contribution is -2.39. The van der Waals surface area contributed by atoms with Gasteiger partial charge in [0.1, 0.15) is 0 Å². The van der Waals surface area contributed by atoms with Gasteiger partial charge in [-0.05, 0) is 61.9 Å². The number of piperidine rings is 1. The summed E-state index contributed by atoms with van der Waals surface area (Å²) in [7, 11) is 0. The molecule has 29 heavy (non-hydrogen) atoms. The smallest absolute Gasteiger partial charge is 0.257 e. The van der Waals surface area contributed by atoms with Crippen molar-refractivity contribution in [1.82, 2.24) is 9.88 Å². The number of carbonyl (C=O) groups is 2. The lowest BCUT2D eigenvalue weighted by atomic mass is 9.99. The van der Waals surface area contributed by atoms with Crippen LogP contribution in [0.15, 0.2) is 42.7 Å². The second kappa shape index (κ2) is 8.64. The number of aromatic nitrogens is 1. The second-order valence-corrected chi connectivity index (χ2v) is 8.16. The van der Waals surface area contributed by atoms with Gasteiger partial charge in [-0.25, -0.2) is 0 Å². The summed E-state index contributed by atoms with van der Waals surface area (Å²) in [5, 5.41) is 2.91. The molecule has 6 nitrogen and oxygen atoms in total. The van der Waals surface area contributed by atoms with Gasteiger partial charge in [-0.1, -0.05) is 6.92 Å². The number of nitrogens with zero attached hydrogens (tertiary/aromatic N) is 3. The fourth-order valence-electron chi connectivity index (χ4n) is 4.17. The third-order valence-corrected chi connectivity index (χ3v) is 5.79. The molecule has 6 heteroatoms. The van der Waals surface area contributed by atoms with Crippen molar-refractivity contribution in [3.8, 4) is 0 Å². The van der Waals surface area contributed by atoms with Crippen molar-refractivity contribution in [2.45, 2.75) is 32.6 Å². The van der Waals surface area contributed by atoms with E-state index in [1.807, 2.05) is 29.2 Å². The van der Waals surface area contributed by atoms with Gasteiger partial charge in [-0.3, -0.25) is 14.6 Å². The third-order valence-electron chi connectivity index (χ3n) is 5.79. The lowest BCUT2D eigenvalue weighted by Gasteiger charge is -2.30. The number of nitrogens with one attached hydrogen (secondary N) is 1. The topological polar surface area (TPSA) is 65.5 Å². The molecule has 0 radical (unpaired) electrons. The molecule has 2 aliphatic heterocycles. The van der Waals surface area contributed by atoms with E-state index in [0.29, 0.717) is 17.0 Å². The number of hydrogen-bond acceptors (Lipinski definition) is 4. The van der Waals surface area contributed by atoms with Crippen LogP contribution in [-0.4, -0.2) is 47.9 Å². The zero-order valence-electron chi connectivity index (χ0n) is 16.9. The zero-order valence-corrected chi connectivity index (χ0v) is 16.9. The average molecular weight is 393 g/mol. The van der Waals surface area contributed by atoms with E-state index in [0.717, 1.165) is 44.7 Å². The molecule has 1 aromatic heterocycles. The van der Waals surface area contributed by atoms with Crippen molar-refractivity contribution in [1.29, 1.82) is 0 Å². The Balaban J connectivity index is 1.42. The zero-order chi connectivity index (χ0) is 20.2. The van der Waals surface area contributed by atoms with Crippen LogP contribution in [0.3, 0.4) is 0 Å². The van der Waals surface area contributed by atoms with Gasteiger partial charge in [0.25, 0.3) is 11.8 Å². The molecular weight excluding hydrogens is 364 g/mol. The quantitative estimate of drug-likeness (QED) is 0.859. The molecule has 1 atom stereocenters. The maximum absolute atomic E-state index is 12.8. The van der Waals surface area contributed by atoms with Crippen molar-refractivity contribution in [3.05, 3.63) is 53.9 Å². The van der Waals surface area contributed by atoms with Gasteiger partial charge in [-0.2, -0.15) is 0 Å². The Morgan fingerprint density at radius 3 is 2.45 bits per heavy atom. The molecule has 1 unspecified atom stereocenters. The van der Waals surface area contributed by atoms with Crippen molar-refractivity contribution in [2.24, 2.45) is 5.92 Å². The Morgan fingerprint density at radius 2 is 1.72 bits per heavy atom. The summed E-state index contributed by atoms with van der Waals surface area (Å²) in [6, 6.07) is 9.56. The minimum Gasteiger partial charge on any atom is -0.372 e. The van der Waals surface area contributed by atoms with Gasteiger partial charge in [0, 0.05) is 49.9 Å². The molecule has 2 amide bonds. The first kappa shape index (κ1) is 19.4. The van der Waals surface area contributed by atoms with E-state index in [2.05, 4.69) is 22.1 Å². The first-order valence-electron chi connectivity index (χ1n) is 10.5. The minimum absolute atomic E-state index is 0.0475. The Kier molecular flexibility index (Phi) is 5.79. The summed E-state index contributed by atoms with van der Waals surface area (Å²) in [6.45, 7) is 5.88. The van der Waals surface area contributed by atoms with Gasteiger partial charge in [-0.15, -0.1) is 0 Å². The fourth-order valence-corrected chi connectivity index (χ4v) is 4.17. The van der Waals surface area contributed by atoms with Crippen LogP contribution in [0.5, 0.6) is 0 Å². The Labute approximate surface area is 171 Å². The van der Waals surface area contributed by atoms with Gasteiger partial charge in [0.05, 0.1) is 11.1 Å². The SMILES string of the molecule is CC1CCCN(C(=O)c2cncc(C(=O)Nc3ccc(N4CCCC4)cc3)c2)C1. The van der Waals surface area contributed by atoms with E-state index >= 15 is 0 Å². The van der Waals surface area contributed by atoms with E-state index < -0.39 is 0 Å². The Bertz CT molecular complexity index is 875. The van der Waals surface area contributed by atoms with E-state index in [1.54, 1.807) is 12.3 Å². The van der Waals surface area contributed by atoms with Gasteiger partial charge in [0.2, 0.25) is 0 Å². The van der Waals surface area contributed by atoms with Crippen LogP contribution in [0.4, 0.5) is 11.4 Å². The van der Waals surface area contributed by atoms with Crippen LogP contribution < -0.4 is 10.2 Å². The first-order valence-corrected chi connectivity index (χ1v) is 10.5. The number of pyridine rings is 1. The average Bonchev–Trinajstić information content (AvgIpc) is 3.29. The minimum atomic E-state index is -0.256. The normalized spacial score (nSPS) is 19.3. The van der Waals surface area contributed by atoms with E-state index in [-0.39, 0.29) is 11.8 Å². The highest BCUT2D eigenvalue weighted by atomic mass is 16.2. The van der Waals surface area contributed by atoms with E-state index in [4.69, 9.17) is 0 Å². The summed E-state index contributed by atoms with van der Waals surface area (Å²) < 4.78 is 0. The second-order valence-electron chi connectivity index (χ2n) is 8.16. The standard InChI is InChI=1S/C23H28N4O2/c1-17-5-4-12-27(16-17)23(29)19-13-18(14-24-15-19)22(28)25-20-6-8-21(9-7-20)26-10-2-3-11-26/h6-9,13-15,17H,2-5,10-12,16H2,1H3,(H,25,28). The number of hydrogen-bond donors (Lipinski definition) is 1. The first-order chi connectivity index (χ1) is 14.1. The Morgan fingerprint density at radius 1 is 1.00 bits per heavy atom. The van der Waals surface area contributed by atoms with E-state index in [1.165, 1.54) is 24.7 Å². The molecule has 0 aliphatic carbocycles. The van der Waals surface area contributed by atoms with Crippen LogP contribution in [-0.2, 0) is 0 Å². The molecule has 1 aromatic carbocycles. The van der Waals surface area contributed by atoms with Crippen LogP contribution >= 0.6 is 0 Å². The molecule has 2 aromatic rings. The summed E-state index contributed by atoms with van der Waals surface area (Å²) >= 11 is 0. The molecule has 0 spiro atoms. The molecule has 3 heterocycles. The summed E-state index contributed by atoms with van der Waals surface area (Å²) in [4.78, 5) is 33.8. The highest BCUT2D eigenvalue weighted by Gasteiger charge is 2.23. The summed E-state index contributed by atoms with van der Waals surface area (Å²) in [5.41, 5.74) is 2.78. The van der Waals surface area contributed by atoms with E-state index in [9.17, 15) is 9.59 Å². The molecule has 2 fully saturated rings. The molecule has 4 rings (SSSR count). The summed E-state index contributed by atoms with van der Waals surface area (Å²) in [5.74, 6) is 0.206. The molecule has 1 N–H and O–H groups in total. The molecule has 2 saturated heterocycles. The number of benzene rings is 1. The highest BCUT2D eigenvalue weighted by molar-refractivity contribution is 6.05. The molecule has 0 bridgehead atoms. The highest BCUT2D eigenvalue weighted by Crippen LogP contribution is 2.22. The van der Waals surface area contributed by atoms with Crippen LogP contribution in [0.25, 0.3) is 0 Å². The number of amides is 2. The molecule has 152 valence electrons. The predicted molar refractivity (Wildman–Crippen MR) is 114 cm³/mol. The number of anilines is 2. The van der Waals surface area contributed by atoms with Gasteiger partial charge in [0.15, 0.2) is 0 Å². The van der Waals surface area contributed by atoms with Crippen molar-refractivity contribution >= 4 is 23.2 Å². The number of likely N-dealkylation sites (tertiary alicyclic amines) is 1. The van der Waals surface area contributed by atoms with Gasteiger partial charge >= 0.3 is 0 Å². The summed E-state index contributed by atoms with van der Waals surface area (Å²) in [6.07, 6.45) is 7.69.